The van der Waals surface area contributed by atoms with Crippen LogP contribution < -0.4 is 0 Å². The van der Waals surface area contributed by atoms with E-state index in [0.717, 1.165) is 41.3 Å². The normalized spacial score (nSPS) is 39.7. The predicted octanol–water partition coefficient (Wildman–Crippen LogP) is 12.6. The zero-order valence-corrected chi connectivity index (χ0v) is 27.9. The van der Waals surface area contributed by atoms with Gasteiger partial charge in [0, 0.05) is 10.8 Å². The molecule has 2 spiro atoms. The van der Waals surface area contributed by atoms with Crippen molar-refractivity contribution in [2.75, 3.05) is 0 Å². The molecule has 5 aliphatic carbocycles. The lowest BCUT2D eigenvalue weighted by Crippen LogP contribution is -2.60. The molecule has 0 aromatic carbocycles. The van der Waals surface area contributed by atoms with E-state index in [4.69, 9.17) is 0 Å². The molecule has 0 N–H and O–H groups in total. The van der Waals surface area contributed by atoms with Gasteiger partial charge in [-0.1, -0.05) is 117 Å². The van der Waals surface area contributed by atoms with E-state index in [2.05, 4.69) is 13.8 Å². The summed E-state index contributed by atoms with van der Waals surface area (Å²) in [5.74, 6) is 6.68. The minimum absolute atomic E-state index is 0.133. The highest BCUT2D eigenvalue weighted by molar-refractivity contribution is 5.96. The zero-order chi connectivity index (χ0) is 28.5. The maximum absolute atomic E-state index is 13.9. The molecule has 5 aliphatic rings. The van der Waals surface area contributed by atoms with Gasteiger partial charge in [0.1, 0.15) is 5.78 Å². The molecule has 5 fully saturated rings. The molecule has 0 aromatic rings. The summed E-state index contributed by atoms with van der Waals surface area (Å²) in [5, 5.41) is 0. The Bertz CT molecular complexity index is 688. The van der Waals surface area contributed by atoms with E-state index in [1.54, 1.807) is 0 Å². The monoisotopic (exact) mass is 567 g/mol. The standard InChI is InChI=1S/C40H70O/c1-3-5-7-9-11-13-32-15-19-34(20-16-32)36-23-27-39(28-24-36)31-40(38(39)41)29-25-37(26-30-40)35-21-17-33(18-22-35)14-12-10-8-6-4-2/h32-37H,3-31H2,1-2H3. The first-order valence-corrected chi connectivity index (χ1v) is 19.6. The van der Waals surface area contributed by atoms with Crippen LogP contribution in [0.15, 0.2) is 0 Å². The molecular formula is C40H70O. The smallest absolute Gasteiger partial charge is 0.145 e. The average molecular weight is 567 g/mol. The molecular weight excluding hydrogens is 496 g/mol. The van der Waals surface area contributed by atoms with Crippen molar-refractivity contribution >= 4 is 5.78 Å². The van der Waals surface area contributed by atoms with Crippen molar-refractivity contribution < 1.29 is 4.79 Å². The molecule has 0 aromatic heterocycles. The fourth-order valence-electron chi connectivity index (χ4n) is 11.4. The second kappa shape index (κ2) is 15.6. The number of rotatable bonds is 14. The summed E-state index contributed by atoms with van der Waals surface area (Å²) in [6, 6.07) is 0. The maximum atomic E-state index is 13.9. The van der Waals surface area contributed by atoms with Crippen LogP contribution in [0.25, 0.3) is 0 Å². The molecule has 5 saturated carbocycles. The van der Waals surface area contributed by atoms with Gasteiger partial charge in [0.15, 0.2) is 0 Å². The molecule has 0 aliphatic heterocycles. The first kappa shape index (κ1) is 32.1. The Morgan fingerprint density at radius 2 is 0.805 bits per heavy atom. The largest absolute Gasteiger partial charge is 0.298 e. The van der Waals surface area contributed by atoms with Crippen LogP contribution in [0.1, 0.15) is 200 Å². The molecule has 5 rings (SSSR count). The van der Waals surface area contributed by atoms with Gasteiger partial charge in [0.25, 0.3) is 0 Å². The average Bonchev–Trinajstić information content (AvgIpc) is 3.02. The Labute approximate surface area is 256 Å². The first-order chi connectivity index (χ1) is 20.1. The van der Waals surface area contributed by atoms with Gasteiger partial charge in [-0.05, 0) is 119 Å². The van der Waals surface area contributed by atoms with Crippen LogP contribution in [0.2, 0.25) is 0 Å². The lowest BCUT2D eigenvalue weighted by Gasteiger charge is -2.60. The van der Waals surface area contributed by atoms with Crippen molar-refractivity contribution in [2.24, 2.45) is 46.3 Å². The minimum atomic E-state index is 0.133. The third-order valence-electron chi connectivity index (χ3n) is 14.2. The Morgan fingerprint density at radius 1 is 0.463 bits per heavy atom. The predicted molar refractivity (Wildman–Crippen MR) is 176 cm³/mol. The number of hydrogen-bond acceptors (Lipinski definition) is 1. The summed E-state index contributed by atoms with van der Waals surface area (Å²) in [5.41, 5.74) is 0.266. The number of carbonyl (C=O) groups excluding carboxylic acids is 1. The first-order valence-electron chi connectivity index (χ1n) is 19.6. The number of unbranched alkanes of at least 4 members (excludes halogenated alkanes) is 8. The van der Waals surface area contributed by atoms with E-state index in [9.17, 15) is 4.79 Å². The number of carbonyl (C=O) groups is 1. The summed E-state index contributed by atoms with van der Waals surface area (Å²) < 4.78 is 0. The highest BCUT2D eigenvalue weighted by atomic mass is 16.1. The zero-order valence-electron chi connectivity index (χ0n) is 27.9. The second-order valence-corrected chi connectivity index (χ2v) is 16.7. The van der Waals surface area contributed by atoms with Gasteiger partial charge in [0.2, 0.25) is 0 Å². The van der Waals surface area contributed by atoms with Crippen molar-refractivity contribution in [1.82, 2.24) is 0 Å². The summed E-state index contributed by atoms with van der Waals surface area (Å²) in [7, 11) is 0. The van der Waals surface area contributed by atoms with Crippen LogP contribution in [0.4, 0.5) is 0 Å². The van der Waals surface area contributed by atoms with E-state index in [1.807, 2.05) is 0 Å². The highest BCUT2D eigenvalue weighted by Crippen LogP contribution is 2.65. The summed E-state index contributed by atoms with van der Waals surface area (Å²) >= 11 is 0. The molecule has 0 bridgehead atoms. The molecule has 1 nitrogen and oxygen atoms in total. The third kappa shape index (κ3) is 8.04. The van der Waals surface area contributed by atoms with E-state index < -0.39 is 0 Å². The van der Waals surface area contributed by atoms with Crippen LogP contribution >= 0.6 is 0 Å². The fourth-order valence-corrected chi connectivity index (χ4v) is 11.4. The summed E-state index contributed by atoms with van der Waals surface area (Å²) in [6.07, 6.45) is 41.2. The number of ketones is 1. The molecule has 0 radical (unpaired) electrons. The summed E-state index contributed by atoms with van der Waals surface area (Å²) in [6.45, 7) is 4.64. The van der Waals surface area contributed by atoms with E-state index in [-0.39, 0.29) is 10.8 Å². The maximum Gasteiger partial charge on any atom is 0.145 e. The van der Waals surface area contributed by atoms with Crippen LogP contribution in [0, 0.1) is 46.3 Å². The molecule has 0 heterocycles. The van der Waals surface area contributed by atoms with Crippen molar-refractivity contribution in [3.8, 4) is 0 Å². The van der Waals surface area contributed by atoms with Crippen molar-refractivity contribution in [2.45, 2.75) is 200 Å². The lowest BCUT2D eigenvalue weighted by molar-refractivity contribution is -0.170. The van der Waals surface area contributed by atoms with Crippen LogP contribution in [0.5, 0.6) is 0 Å². The number of hydrogen-bond donors (Lipinski definition) is 0. The van der Waals surface area contributed by atoms with E-state index in [1.165, 1.54) is 186 Å². The third-order valence-corrected chi connectivity index (χ3v) is 14.2. The molecule has 1 heteroatoms. The van der Waals surface area contributed by atoms with Gasteiger partial charge in [-0.2, -0.15) is 0 Å². The Kier molecular flexibility index (Phi) is 12.2. The van der Waals surface area contributed by atoms with Crippen LogP contribution in [-0.4, -0.2) is 5.78 Å². The summed E-state index contributed by atoms with van der Waals surface area (Å²) in [4.78, 5) is 13.9. The van der Waals surface area contributed by atoms with Crippen LogP contribution in [0.3, 0.4) is 0 Å². The molecule has 0 amide bonds. The molecule has 0 unspecified atom stereocenters. The van der Waals surface area contributed by atoms with E-state index in [0.29, 0.717) is 0 Å². The molecule has 41 heavy (non-hydrogen) atoms. The second-order valence-electron chi connectivity index (χ2n) is 16.7. The number of Topliss-reactive ketones (excluding diaryl/α,β-unsaturated/α-hetero) is 1. The van der Waals surface area contributed by atoms with E-state index >= 15 is 0 Å². The molecule has 0 atom stereocenters. The van der Waals surface area contributed by atoms with Gasteiger partial charge >= 0.3 is 0 Å². The van der Waals surface area contributed by atoms with Crippen molar-refractivity contribution in [3.63, 3.8) is 0 Å². The highest BCUT2D eigenvalue weighted by Gasteiger charge is 2.63. The quantitative estimate of drug-likeness (QED) is 0.191. The molecule has 0 saturated heterocycles. The lowest BCUT2D eigenvalue weighted by atomic mass is 9.42. The Morgan fingerprint density at radius 3 is 1.15 bits per heavy atom. The topological polar surface area (TPSA) is 17.1 Å². The van der Waals surface area contributed by atoms with Gasteiger partial charge in [-0.3, -0.25) is 4.79 Å². The van der Waals surface area contributed by atoms with Gasteiger partial charge in [0.05, 0.1) is 0 Å². The fraction of sp³-hybridized carbons (Fsp3) is 0.975. The van der Waals surface area contributed by atoms with Gasteiger partial charge in [-0.15, -0.1) is 0 Å². The SMILES string of the molecule is CCCCCCCC1CCC(C2CCC3(CC2)CC2(CCC(C4CCC(CCCCCCC)CC4)CC2)C3=O)CC1. The van der Waals surface area contributed by atoms with Gasteiger partial charge in [-0.25, -0.2) is 0 Å². The van der Waals surface area contributed by atoms with Crippen molar-refractivity contribution in [3.05, 3.63) is 0 Å². The Balaban J connectivity index is 0.962. The minimum Gasteiger partial charge on any atom is -0.298 e. The van der Waals surface area contributed by atoms with Crippen LogP contribution in [-0.2, 0) is 4.79 Å². The molecule has 236 valence electrons. The van der Waals surface area contributed by atoms with Gasteiger partial charge < -0.3 is 0 Å². The Hall–Kier alpha value is -0.330. The van der Waals surface area contributed by atoms with Crippen molar-refractivity contribution in [1.29, 1.82) is 0 Å².